The molecule has 2 aromatic heterocycles. The lowest BCUT2D eigenvalue weighted by Crippen LogP contribution is -2.50. The highest BCUT2D eigenvalue weighted by Crippen LogP contribution is 2.42. The smallest absolute Gasteiger partial charge is 0.269 e. The van der Waals surface area contributed by atoms with Gasteiger partial charge in [-0.05, 0) is 38.7 Å². The molecule has 184 valence electrons. The molecule has 0 aliphatic carbocycles. The second-order valence-corrected chi connectivity index (χ2v) is 10.0. The number of nitrogens with zero attached hydrogens (tertiary/aromatic N) is 6. The maximum Gasteiger partial charge on any atom is 0.269 e. The van der Waals surface area contributed by atoms with Gasteiger partial charge < -0.3 is 25.6 Å². The van der Waals surface area contributed by atoms with Crippen LogP contribution in [0.4, 0.5) is 11.5 Å². The van der Waals surface area contributed by atoms with Crippen molar-refractivity contribution in [3.05, 3.63) is 41.1 Å². The van der Waals surface area contributed by atoms with Crippen molar-refractivity contribution in [3.63, 3.8) is 0 Å². The van der Waals surface area contributed by atoms with Gasteiger partial charge in [-0.1, -0.05) is 0 Å². The van der Waals surface area contributed by atoms with Crippen molar-refractivity contribution in [3.8, 4) is 0 Å². The third-order valence-corrected chi connectivity index (χ3v) is 8.18. The zero-order valence-electron chi connectivity index (χ0n) is 20.3. The first-order chi connectivity index (χ1) is 17.0. The first-order valence-electron chi connectivity index (χ1n) is 12.5. The SMILES string of the molecule is CNC(=O)c1nccc2c1CCCN2C1=NCc2nc(N3CCC4(CC3)CO[C@@H](C)[C@H]4N)cnc21. The summed E-state index contributed by atoms with van der Waals surface area (Å²) in [5.74, 6) is 1.57. The van der Waals surface area contributed by atoms with Crippen molar-refractivity contribution in [2.24, 2.45) is 16.1 Å². The quantitative estimate of drug-likeness (QED) is 0.665. The number of aromatic nitrogens is 3. The Balaban J connectivity index is 1.22. The summed E-state index contributed by atoms with van der Waals surface area (Å²) in [7, 11) is 1.63. The minimum atomic E-state index is -0.162. The molecule has 1 amide bonds. The van der Waals surface area contributed by atoms with Gasteiger partial charge in [0.05, 0.1) is 31.1 Å². The van der Waals surface area contributed by atoms with E-state index in [-0.39, 0.29) is 23.5 Å². The fourth-order valence-corrected chi connectivity index (χ4v) is 6.01. The number of carbonyl (C=O) groups excluding carboxylic acids is 1. The number of rotatable bonds is 2. The van der Waals surface area contributed by atoms with Crippen LogP contribution in [0.5, 0.6) is 0 Å². The molecule has 1 spiro atoms. The molecule has 0 unspecified atom stereocenters. The molecule has 0 radical (unpaired) electrons. The van der Waals surface area contributed by atoms with Crippen LogP contribution in [0.3, 0.4) is 0 Å². The maximum absolute atomic E-state index is 12.4. The van der Waals surface area contributed by atoms with Gasteiger partial charge in [-0.15, -0.1) is 0 Å². The number of piperidine rings is 1. The number of fused-ring (bicyclic) bond motifs is 2. The van der Waals surface area contributed by atoms with E-state index < -0.39 is 0 Å². The molecule has 2 atom stereocenters. The van der Waals surface area contributed by atoms with Gasteiger partial charge in [-0.3, -0.25) is 14.8 Å². The Bertz CT molecular complexity index is 1190. The number of nitrogens with one attached hydrogen (secondary N) is 1. The molecular weight excluding hydrogens is 444 g/mol. The maximum atomic E-state index is 12.4. The minimum absolute atomic E-state index is 0.0837. The number of nitrogens with two attached hydrogens (primary N) is 1. The van der Waals surface area contributed by atoms with Crippen LogP contribution in [0.15, 0.2) is 23.5 Å². The van der Waals surface area contributed by atoms with Gasteiger partial charge in [0.15, 0.2) is 5.84 Å². The second-order valence-electron chi connectivity index (χ2n) is 10.0. The monoisotopic (exact) mass is 476 g/mol. The van der Waals surface area contributed by atoms with Gasteiger partial charge in [0.2, 0.25) is 0 Å². The van der Waals surface area contributed by atoms with E-state index in [2.05, 4.69) is 27.0 Å². The summed E-state index contributed by atoms with van der Waals surface area (Å²) < 4.78 is 5.86. The van der Waals surface area contributed by atoms with Crippen molar-refractivity contribution in [2.45, 2.75) is 51.3 Å². The number of hydrogen-bond donors (Lipinski definition) is 2. The molecule has 10 nitrogen and oxygen atoms in total. The average Bonchev–Trinajstić information content (AvgIpc) is 3.44. The number of amides is 1. The molecule has 2 fully saturated rings. The Hall–Kier alpha value is -3.11. The molecule has 4 aliphatic heterocycles. The molecule has 0 saturated carbocycles. The summed E-state index contributed by atoms with van der Waals surface area (Å²) in [5, 5.41) is 2.70. The largest absolute Gasteiger partial charge is 0.376 e. The molecule has 0 aromatic carbocycles. The number of ether oxygens (including phenoxy) is 1. The van der Waals surface area contributed by atoms with E-state index in [1.54, 1.807) is 13.2 Å². The number of pyridine rings is 1. The van der Waals surface area contributed by atoms with E-state index in [4.69, 9.17) is 25.4 Å². The van der Waals surface area contributed by atoms with Crippen LogP contribution in [-0.4, -0.2) is 72.1 Å². The highest BCUT2D eigenvalue weighted by atomic mass is 16.5. The third-order valence-electron chi connectivity index (χ3n) is 8.18. The second kappa shape index (κ2) is 8.53. The highest BCUT2D eigenvalue weighted by Gasteiger charge is 2.47. The topological polar surface area (TPSA) is 122 Å². The predicted octanol–water partition coefficient (Wildman–Crippen LogP) is 1.28. The molecule has 2 saturated heterocycles. The van der Waals surface area contributed by atoms with Gasteiger partial charge in [-0.25, -0.2) is 9.97 Å². The van der Waals surface area contributed by atoms with Crippen LogP contribution in [0.1, 0.15) is 53.6 Å². The first kappa shape index (κ1) is 22.4. The van der Waals surface area contributed by atoms with Crippen LogP contribution in [-0.2, 0) is 17.7 Å². The standard InChI is InChI=1S/C25H32N8O2/c1-15-22(26)25(14-35-15)6-10-32(11-7-25)19-13-29-21-17(31-19)12-30-23(21)33-9-3-4-16-18(33)5-8-28-20(16)24(34)27-2/h5,8,13,15,22H,3-4,6-7,9-12,14,26H2,1-2H3,(H,27,34)/t15-,22+/m0/s1. The first-order valence-corrected chi connectivity index (χ1v) is 12.5. The molecule has 6 heterocycles. The van der Waals surface area contributed by atoms with Crippen LogP contribution >= 0.6 is 0 Å². The van der Waals surface area contributed by atoms with Crippen molar-refractivity contribution in [2.75, 3.05) is 43.1 Å². The minimum Gasteiger partial charge on any atom is -0.376 e. The van der Waals surface area contributed by atoms with Gasteiger partial charge in [0.1, 0.15) is 17.2 Å². The molecule has 10 heteroatoms. The molecule has 35 heavy (non-hydrogen) atoms. The van der Waals surface area contributed by atoms with E-state index in [1.807, 2.05) is 12.3 Å². The summed E-state index contributed by atoms with van der Waals surface area (Å²) in [4.78, 5) is 35.8. The average molecular weight is 477 g/mol. The zero-order valence-corrected chi connectivity index (χ0v) is 20.3. The van der Waals surface area contributed by atoms with Crippen molar-refractivity contribution >= 4 is 23.2 Å². The van der Waals surface area contributed by atoms with Gasteiger partial charge >= 0.3 is 0 Å². The van der Waals surface area contributed by atoms with Crippen LogP contribution in [0.2, 0.25) is 0 Å². The van der Waals surface area contributed by atoms with Gasteiger partial charge in [0, 0.05) is 55.6 Å². The molecular formula is C25H32N8O2. The van der Waals surface area contributed by atoms with Crippen LogP contribution in [0, 0.1) is 5.41 Å². The van der Waals surface area contributed by atoms with Crippen molar-refractivity contribution in [1.29, 1.82) is 0 Å². The Labute approximate surface area is 205 Å². The molecule has 6 rings (SSSR count). The third kappa shape index (κ3) is 3.58. The molecule has 3 N–H and O–H groups in total. The predicted molar refractivity (Wildman–Crippen MR) is 133 cm³/mol. The molecule has 4 aliphatic rings. The van der Waals surface area contributed by atoms with E-state index in [1.165, 1.54) is 0 Å². The normalized spacial score (nSPS) is 24.8. The Kier molecular flexibility index (Phi) is 5.45. The van der Waals surface area contributed by atoms with Gasteiger partial charge in [-0.2, -0.15) is 0 Å². The van der Waals surface area contributed by atoms with Gasteiger partial charge in [0.25, 0.3) is 5.91 Å². The lowest BCUT2D eigenvalue weighted by molar-refractivity contribution is 0.0956. The number of aliphatic imine (C=N–C) groups is 1. The number of hydrogen-bond acceptors (Lipinski definition) is 9. The Morgan fingerprint density at radius 3 is 2.83 bits per heavy atom. The lowest BCUT2D eigenvalue weighted by Gasteiger charge is -2.41. The van der Waals surface area contributed by atoms with Crippen LogP contribution in [0.25, 0.3) is 0 Å². The van der Waals surface area contributed by atoms with E-state index in [9.17, 15) is 4.79 Å². The van der Waals surface area contributed by atoms with E-state index >= 15 is 0 Å². The van der Waals surface area contributed by atoms with E-state index in [0.29, 0.717) is 12.2 Å². The fourth-order valence-electron chi connectivity index (χ4n) is 6.01. The Morgan fingerprint density at radius 2 is 2.09 bits per heavy atom. The highest BCUT2D eigenvalue weighted by molar-refractivity contribution is 6.12. The molecule has 0 bridgehead atoms. The molecule has 2 aromatic rings. The Morgan fingerprint density at radius 1 is 1.26 bits per heavy atom. The number of amidine groups is 1. The van der Waals surface area contributed by atoms with Crippen molar-refractivity contribution in [1.82, 2.24) is 20.3 Å². The fraction of sp³-hybridized carbons (Fsp3) is 0.560. The lowest BCUT2D eigenvalue weighted by atomic mass is 9.73. The summed E-state index contributed by atoms with van der Waals surface area (Å²) >= 11 is 0. The van der Waals surface area contributed by atoms with Crippen LogP contribution < -0.4 is 20.9 Å². The summed E-state index contributed by atoms with van der Waals surface area (Å²) in [6.07, 6.45) is 7.44. The van der Waals surface area contributed by atoms with E-state index in [0.717, 1.165) is 86.2 Å². The number of anilines is 2. The van der Waals surface area contributed by atoms with Crippen molar-refractivity contribution < 1.29 is 9.53 Å². The summed E-state index contributed by atoms with van der Waals surface area (Å²) in [6, 6.07) is 2.06. The number of carbonyl (C=O) groups is 1. The summed E-state index contributed by atoms with van der Waals surface area (Å²) in [5.41, 5.74) is 10.7. The summed E-state index contributed by atoms with van der Waals surface area (Å²) in [6.45, 7) is 5.97. The zero-order chi connectivity index (χ0) is 24.2.